The lowest BCUT2D eigenvalue weighted by molar-refractivity contribution is 0.140. The summed E-state index contributed by atoms with van der Waals surface area (Å²) in [6.45, 7) is 7.11. The molecular weight excluding hydrogens is 180 g/mol. The largest absolute Gasteiger partial charge is 0.0654 e. The standard InChI is InChI=1S/C15H30/c1-4-9-14(10-5-2)15-12-8-7-11-13(15)6-3/h13-15H,4-12H2,1-3H3. The van der Waals surface area contributed by atoms with Gasteiger partial charge in [0.05, 0.1) is 0 Å². The van der Waals surface area contributed by atoms with Crippen LogP contribution in [0.25, 0.3) is 0 Å². The smallest absolute Gasteiger partial charge is 0.0358 e. The summed E-state index contributed by atoms with van der Waals surface area (Å²) in [6, 6.07) is 0. The lowest BCUT2D eigenvalue weighted by Gasteiger charge is -2.37. The fourth-order valence-electron chi connectivity index (χ4n) is 3.68. The van der Waals surface area contributed by atoms with Gasteiger partial charge in [-0.1, -0.05) is 72.1 Å². The van der Waals surface area contributed by atoms with Crippen LogP contribution in [0, 0.1) is 17.8 Å². The highest BCUT2D eigenvalue weighted by Crippen LogP contribution is 2.40. The van der Waals surface area contributed by atoms with Gasteiger partial charge in [0.15, 0.2) is 0 Å². The van der Waals surface area contributed by atoms with E-state index in [4.69, 9.17) is 0 Å². The number of hydrogen-bond acceptors (Lipinski definition) is 0. The molecule has 0 heterocycles. The average molecular weight is 210 g/mol. The summed E-state index contributed by atoms with van der Waals surface area (Å²) in [6.07, 6.45) is 13.2. The van der Waals surface area contributed by atoms with E-state index in [0.29, 0.717) is 0 Å². The van der Waals surface area contributed by atoms with Crippen molar-refractivity contribution in [1.82, 2.24) is 0 Å². The van der Waals surface area contributed by atoms with Crippen LogP contribution in [0.5, 0.6) is 0 Å². The third kappa shape index (κ3) is 3.81. The molecule has 0 bridgehead atoms. The van der Waals surface area contributed by atoms with Crippen LogP contribution in [0.3, 0.4) is 0 Å². The van der Waals surface area contributed by atoms with Crippen LogP contribution in [0.1, 0.15) is 78.6 Å². The zero-order valence-electron chi connectivity index (χ0n) is 11.1. The molecule has 1 rings (SSSR count). The molecule has 0 spiro atoms. The van der Waals surface area contributed by atoms with Crippen molar-refractivity contribution in [3.05, 3.63) is 0 Å². The minimum Gasteiger partial charge on any atom is -0.0654 e. The monoisotopic (exact) mass is 210 g/mol. The molecule has 2 atom stereocenters. The molecule has 90 valence electrons. The molecule has 0 aromatic rings. The van der Waals surface area contributed by atoms with Gasteiger partial charge in [-0.25, -0.2) is 0 Å². The van der Waals surface area contributed by atoms with Crippen molar-refractivity contribution in [2.45, 2.75) is 78.6 Å². The van der Waals surface area contributed by atoms with Crippen molar-refractivity contribution in [1.29, 1.82) is 0 Å². The first-order valence-corrected chi connectivity index (χ1v) is 7.33. The maximum Gasteiger partial charge on any atom is -0.0358 e. The summed E-state index contributed by atoms with van der Waals surface area (Å²) in [5.41, 5.74) is 0. The van der Waals surface area contributed by atoms with Gasteiger partial charge in [0.1, 0.15) is 0 Å². The first-order chi connectivity index (χ1) is 7.33. The number of rotatable bonds is 6. The van der Waals surface area contributed by atoms with Gasteiger partial charge in [-0.05, 0) is 24.2 Å². The van der Waals surface area contributed by atoms with Crippen LogP contribution in [0.15, 0.2) is 0 Å². The summed E-state index contributed by atoms with van der Waals surface area (Å²) >= 11 is 0. The predicted octanol–water partition coefficient (Wildman–Crippen LogP) is 5.42. The Hall–Kier alpha value is 0. The van der Waals surface area contributed by atoms with Gasteiger partial charge in [0.2, 0.25) is 0 Å². The quantitative estimate of drug-likeness (QED) is 0.549. The van der Waals surface area contributed by atoms with Gasteiger partial charge in [0, 0.05) is 0 Å². The highest BCUT2D eigenvalue weighted by Gasteiger charge is 2.29. The minimum atomic E-state index is 1.05. The third-order valence-corrected chi connectivity index (χ3v) is 4.42. The maximum absolute atomic E-state index is 2.40. The van der Waals surface area contributed by atoms with E-state index in [1.807, 2.05) is 0 Å². The highest BCUT2D eigenvalue weighted by molar-refractivity contribution is 4.80. The molecule has 15 heavy (non-hydrogen) atoms. The molecule has 0 N–H and O–H groups in total. The molecule has 1 saturated carbocycles. The number of hydrogen-bond donors (Lipinski definition) is 0. The van der Waals surface area contributed by atoms with Gasteiger partial charge in [-0.3, -0.25) is 0 Å². The topological polar surface area (TPSA) is 0 Å². The highest BCUT2D eigenvalue weighted by atomic mass is 14.3. The van der Waals surface area contributed by atoms with Crippen molar-refractivity contribution < 1.29 is 0 Å². The molecule has 0 heteroatoms. The molecule has 1 aliphatic rings. The van der Waals surface area contributed by atoms with E-state index in [-0.39, 0.29) is 0 Å². The van der Waals surface area contributed by atoms with Crippen LogP contribution in [-0.2, 0) is 0 Å². The zero-order chi connectivity index (χ0) is 11.1. The first-order valence-electron chi connectivity index (χ1n) is 7.33. The Kier molecular flexibility index (Phi) is 6.36. The summed E-state index contributed by atoms with van der Waals surface area (Å²) in [5.74, 6) is 3.18. The van der Waals surface area contributed by atoms with E-state index in [1.54, 1.807) is 0 Å². The van der Waals surface area contributed by atoms with Crippen LogP contribution in [-0.4, -0.2) is 0 Å². The van der Waals surface area contributed by atoms with Gasteiger partial charge >= 0.3 is 0 Å². The van der Waals surface area contributed by atoms with Crippen molar-refractivity contribution >= 4 is 0 Å². The van der Waals surface area contributed by atoms with Gasteiger partial charge in [0.25, 0.3) is 0 Å². The van der Waals surface area contributed by atoms with Crippen LogP contribution in [0.4, 0.5) is 0 Å². The lowest BCUT2D eigenvalue weighted by Crippen LogP contribution is -2.26. The first kappa shape index (κ1) is 13.1. The summed E-state index contributed by atoms with van der Waals surface area (Å²) in [7, 11) is 0. The maximum atomic E-state index is 2.40. The summed E-state index contributed by atoms with van der Waals surface area (Å²) in [4.78, 5) is 0. The fraction of sp³-hybridized carbons (Fsp3) is 1.00. The van der Waals surface area contributed by atoms with Crippen LogP contribution < -0.4 is 0 Å². The Labute approximate surface area is 96.8 Å². The van der Waals surface area contributed by atoms with Crippen LogP contribution in [0.2, 0.25) is 0 Å². The zero-order valence-corrected chi connectivity index (χ0v) is 11.1. The Bertz CT molecular complexity index is 144. The van der Waals surface area contributed by atoms with E-state index in [1.165, 1.54) is 57.8 Å². The molecule has 0 amide bonds. The molecule has 0 saturated heterocycles. The van der Waals surface area contributed by atoms with E-state index >= 15 is 0 Å². The normalized spacial score (nSPS) is 27.2. The summed E-state index contributed by atoms with van der Waals surface area (Å²) in [5, 5.41) is 0. The lowest BCUT2D eigenvalue weighted by atomic mass is 9.69. The van der Waals surface area contributed by atoms with E-state index in [9.17, 15) is 0 Å². The Morgan fingerprint density at radius 2 is 1.53 bits per heavy atom. The molecule has 0 nitrogen and oxygen atoms in total. The van der Waals surface area contributed by atoms with Crippen molar-refractivity contribution in [2.24, 2.45) is 17.8 Å². The van der Waals surface area contributed by atoms with E-state index in [0.717, 1.165) is 17.8 Å². The molecule has 0 aromatic heterocycles. The Balaban J connectivity index is 2.53. The Morgan fingerprint density at radius 3 is 2.07 bits per heavy atom. The Morgan fingerprint density at radius 1 is 0.933 bits per heavy atom. The second-order valence-electron chi connectivity index (χ2n) is 5.45. The second kappa shape index (κ2) is 7.30. The second-order valence-corrected chi connectivity index (χ2v) is 5.45. The van der Waals surface area contributed by atoms with Gasteiger partial charge in [-0.2, -0.15) is 0 Å². The average Bonchev–Trinajstić information content (AvgIpc) is 2.29. The molecule has 1 aliphatic carbocycles. The third-order valence-electron chi connectivity index (χ3n) is 4.42. The minimum absolute atomic E-state index is 1.05. The van der Waals surface area contributed by atoms with Gasteiger partial charge in [-0.15, -0.1) is 0 Å². The SMILES string of the molecule is CCCC(CCC)C1CCCCC1CC. The molecule has 0 radical (unpaired) electrons. The molecular formula is C15H30. The van der Waals surface area contributed by atoms with Crippen molar-refractivity contribution in [3.63, 3.8) is 0 Å². The fourth-order valence-corrected chi connectivity index (χ4v) is 3.68. The molecule has 2 unspecified atom stereocenters. The van der Waals surface area contributed by atoms with Crippen molar-refractivity contribution in [3.8, 4) is 0 Å². The summed E-state index contributed by atoms with van der Waals surface area (Å²) < 4.78 is 0. The molecule has 0 aromatic carbocycles. The van der Waals surface area contributed by atoms with E-state index in [2.05, 4.69) is 20.8 Å². The molecule has 0 aliphatic heterocycles. The van der Waals surface area contributed by atoms with E-state index < -0.39 is 0 Å². The van der Waals surface area contributed by atoms with Crippen LogP contribution >= 0.6 is 0 Å². The van der Waals surface area contributed by atoms with Crippen molar-refractivity contribution in [2.75, 3.05) is 0 Å². The van der Waals surface area contributed by atoms with Gasteiger partial charge < -0.3 is 0 Å². The molecule has 1 fully saturated rings. The predicted molar refractivity (Wildman–Crippen MR) is 69.0 cm³/mol.